The minimum atomic E-state index is -1.89. The molecule has 8 heteroatoms. The predicted octanol–water partition coefficient (Wildman–Crippen LogP) is -4.02. The number of nitrogens with one attached hydrogen (secondary N) is 2. The molecule has 0 bridgehead atoms. The molecule has 0 aromatic heterocycles. The Balaban J connectivity index is 2.18. The smallest absolute Gasteiger partial charge is 0.345 e. The fraction of sp³-hybridized carbons (Fsp3) is 0.750. The largest absolute Gasteiger partial charge is 0.370 e. The topological polar surface area (TPSA) is 132 Å². The molecule has 0 radical (unpaired) electrons. The highest BCUT2D eigenvalue weighted by Gasteiger charge is 2.68. The molecule has 1 unspecified atom stereocenters. The van der Waals surface area contributed by atoms with Gasteiger partial charge in [0, 0.05) is 6.42 Å². The summed E-state index contributed by atoms with van der Waals surface area (Å²) in [5, 5.41) is 26.1. The summed E-state index contributed by atoms with van der Waals surface area (Å²) >= 11 is 0. The summed E-state index contributed by atoms with van der Waals surface area (Å²) in [7, 11) is 0. The zero-order valence-electron chi connectivity index (χ0n) is 8.64. The molecule has 16 heavy (non-hydrogen) atoms. The summed E-state index contributed by atoms with van der Waals surface area (Å²) in [6.07, 6.45) is 0.196. The standard InChI is InChI=1S/C8H14N6O2/c9-5-12-4-3-11-6(10)14-2-1-7(15,16)8(4,14)13-5/h4,15-16H,1-3H2,(H5,9,10,11,12,13)/p+1/t4?,8-/m1/s1. The molecule has 3 aliphatic heterocycles. The monoisotopic (exact) mass is 227 g/mol. The van der Waals surface area contributed by atoms with Crippen molar-refractivity contribution in [2.75, 3.05) is 13.1 Å². The van der Waals surface area contributed by atoms with Gasteiger partial charge in [-0.1, -0.05) is 0 Å². The van der Waals surface area contributed by atoms with Crippen molar-refractivity contribution >= 4 is 11.9 Å². The fourth-order valence-electron chi connectivity index (χ4n) is 2.84. The average Bonchev–Trinajstić information content (AvgIpc) is 2.66. The molecule has 0 aromatic carbocycles. The molecular formula is C8H15N6O2+. The van der Waals surface area contributed by atoms with Gasteiger partial charge in [0.15, 0.2) is 5.96 Å². The lowest BCUT2D eigenvalue weighted by Crippen LogP contribution is -2.74. The van der Waals surface area contributed by atoms with Gasteiger partial charge in [-0.15, -0.1) is 0 Å². The van der Waals surface area contributed by atoms with Crippen LogP contribution in [0.5, 0.6) is 0 Å². The number of aliphatic imine (C=N–C) groups is 1. The Labute approximate surface area is 91.6 Å². The molecule has 0 aliphatic carbocycles. The summed E-state index contributed by atoms with van der Waals surface area (Å²) in [6.45, 7) is 0.872. The van der Waals surface area contributed by atoms with E-state index in [1.54, 1.807) is 4.58 Å². The van der Waals surface area contributed by atoms with E-state index >= 15 is 0 Å². The first-order valence-electron chi connectivity index (χ1n) is 5.17. The molecule has 3 heterocycles. The fourth-order valence-corrected chi connectivity index (χ4v) is 2.84. The van der Waals surface area contributed by atoms with Gasteiger partial charge in [0.1, 0.15) is 6.04 Å². The van der Waals surface area contributed by atoms with Gasteiger partial charge in [0.2, 0.25) is 11.4 Å². The van der Waals surface area contributed by atoms with Gasteiger partial charge in [-0.05, 0) is 0 Å². The van der Waals surface area contributed by atoms with Crippen molar-refractivity contribution < 1.29 is 14.8 Å². The van der Waals surface area contributed by atoms with E-state index in [2.05, 4.69) is 15.6 Å². The van der Waals surface area contributed by atoms with Crippen molar-refractivity contribution in [2.24, 2.45) is 16.5 Å². The number of hydrogen-bond acceptors (Lipinski definition) is 7. The molecule has 0 saturated carbocycles. The molecular weight excluding hydrogens is 212 g/mol. The third kappa shape index (κ3) is 0.866. The third-order valence-electron chi connectivity index (χ3n) is 3.58. The minimum absolute atomic E-state index is 0.196. The van der Waals surface area contributed by atoms with Crippen LogP contribution in [-0.2, 0) is 0 Å². The lowest BCUT2D eigenvalue weighted by atomic mass is 9.92. The maximum Gasteiger partial charge on any atom is 0.345 e. The van der Waals surface area contributed by atoms with Gasteiger partial charge < -0.3 is 21.3 Å². The number of nitrogens with zero attached hydrogens (tertiary/aromatic N) is 2. The highest BCUT2D eigenvalue weighted by atomic mass is 16.5. The van der Waals surface area contributed by atoms with Crippen molar-refractivity contribution in [1.29, 1.82) is 0 Å². The summed E-state index contributed by atoms with van der Waals surface area (Å²) in [6, 6.07) is -0.364. The molecule has 2 atom stereocenters. The number of rotatable bonds is 0. The van der Waals surface area contributed by atoms with Crippen molar-refractivity contribution in [3.05, 3.63) is 0 Å². The van der Waals surface area contributed by atoms with Crippen LogP contribution in [-0.4, -0.2) is 57.3 Å². The van der Waals surface area contributed by atoms with Crippen molar-refractivity contribution in [3.63, 3.8) is 0 Å². The minimum Gasteiger partial charge on any atom is -0.370 e. The summed E-state index contributed by atoms with van der Waals surface area (Å²) in [5.74, 6) is -1.27. The molecule has 88 valence electrons. The van der Waals surface area contributed by atoms with Gasteiger partial charge in [-0.3, -0.25) is 11.1 Å². The maximum atomic E-state index is 10.1. The van der Waals surface area contributed by atoms with Crippen LogP contribution in [0.15, 0.2) is 4.99 Å². The molecule has 0 aromatic rings. The molecule has 3 rings (SSSR count). The second-order valence-corrected chi connectivity index (χ2v) is 4.41. The van der Waals surface area contributed by atoms with E-state index < -0.39 is 11.4 Å². The van der Waals surface area contributed by atoms with Gasteiger partial charge in [0.25, 0.3) is 0 Å². The van der Waals surface area contributed by atoms with Crippen LogP contribution in [0, 0.1) is 0 Å². The highest BCUT2D eigenvalue weighted by molar-refractivity contribution is 5.82. The first-order valence-corrected chi connectivity index (χ1v) is 5.17. The van der Waals surface area contributed by atoms with Crippen molar-refractivity contribution in [3.8, 4) is 0 Å². The predicted molar refractivity (Wildman–Crippen MR) is 55.4 cm³/mol. The summed E-state index contributed by atoms with van der Waals surface area (Å²) in [5.41, 5.74) is 10.3. The van der Waals surface area contributed by atoms with Crippen LogP contribution < -0.4 is 22.1 Å². The first-order chi connectivity index (χ1) is 7.47. The second kappa shape index (κ2) is 2.58. The van der Waals surface area contributed by atoms with Gasteiger partial charge in [-0.25, -0.2) is 9.57 Å². The molecule has 8 nitrogen and oxygen atoms in total. The third-order valence-corrected chi connectivity index (χ3v) is 3.58. The Morgan fingerprint density at radius 2 is 2.19 bits per heavy atom. The van der Waals surface area contributed by atoms with Crippen LogP contribution in [0.3, 0.4) is 0 Å². The Bertz CT molecular complexity index is 417. The van der Waals surface area contributed by atoms with Crippen molar-refractivity contribution in [2.45, 2.75) is 23.9 Å². The normalized spacial score (nSPS) is 39.6. The zero-order chi connectivity index (χ0) is 11.6. The van der Waals surface area contributed by atoms with E-state index in [0.717, 1.165) is 0 Å². The lowest BCUT2D eigenvalue weighted by molar-refractivity contribution is -0.621. The summed E-state index contributed by atoms with van der Waals surface area (Å²) < 4.78 is 1.69. The van der Waals surface area contributed by atoms with Crippen LogP contribution in [0.4, 0.5) is 0 Å². The SMILES string of the molecule is NC1=NC2CNC(N)=[N+]3CCC(O)(O)[C@@]23N1. The lowest BCUT2D eigenvalue weighted by Gasteiger charge is -2.40. The molecule has 3 aliphatic rings. The van der Waals surface area contributed by atoms with E-state index in [1.165, 1.54) is 0 Å². The molecule has 1 saturated heterocycles. The van der Waals surface area contributed by atoms with E-state index in [0.29, 0.717) is 19.0 Å². The Morgan fingerprint density at radius 3 is 2.94 bits per heavy atom. The molecule has 0 amide bonds. The quantitative estimate of drug-likeness (QED) is 0.184. The Hall–Kier alpha value is -1.54. The van der Waals surface area contributed by atoms with Crippen molar-refractivity contribution in [1.82, 2.24) is 10.6 Å². The molecule has 8 N–H and O–H groups in total. The highest BCUT2D eigenvalue weighted by Crippen LogP contribution is 2.38. The average molecular weight is 227 g/mol. The van der Waals surface area contributed by atoms with Crippen LogP contribution in [0.2, 0.25) is 0 Å². The zero-order valence-corrected chi connectivity index (χ0v) is 8.64. The van der Waals surface area contributed by atoms with Crippen LogP contribution in [0.1, 0.15) is 6.42 Å². The maximum absolute atomic E-state index is 10.1. The van der Waals surface area contributed by atoms with E-state index in [1.807, 2.05) is 0 Å². The first kappa shape index (κ1) is 9.67. The summed E-state index contributed by atoms with van der Waals surface area (Å²) in [4.78, 5) is 4.16. The van der Waals surface area contributed by atoms with E-state index in [4.69, 9.17) is 11.5 Å². The van der Waals surface area contributed by atoms with E-state index in [-0.39, 0.29) is 18.4 Å². The van der Waals surface area contributed by atoms with Gasteiger partial charge in [-0.2, -0.15) is 0 Å². The number of guanidine groups is 2. The number of aliphatic hydroxyl groups is 2. The van der Waals surface area contributed by atoms with Crippen LogP contribution >= 0.6 is 0 Å². The van der Waals surface area contributed by atoms with Crippen LogP contribution in [0.25, 0.3) is 0 Å². The number of nitrogens with two attached hydrogens (primary N) is 2. The Kier molecular flexibility index (Phi) is 1.56. The second-order valence-electron chi connectivity index (χ2n) is 4.41. The van der Waals surface area contributed by atoms with E-state index in [9.17, 15) is 10.2 Å². The van der Waals surface area contributed by atoms with Gasteiger partial charge in [0.05, 0.1) is 13.1 Å². The molecule has 1 fully saturated rings. The molecule has 1 spiro atoms. The number of hydrogen-bond donors (Lipinski definition) is 6. The van der Waals surface area contributed by atoms with Gasteiger partial charge >= 0.3 is 5.96 Å². The Morgan fingerprint density at radius 1 is 1.44 bits per heavy atom.